The van der Waals surface area contributed by atoms with Crippen LogP contribution in [0.3, 0.4) is 0 Å². The minimum Gasteiger partial charge on any atom is -0.390 e. The fraction of sp³-hybridized carbons (Fsp3) is 1.00. The summed E-state index contributed by atoms with van der Waals surface area (Å²) in [6, 6.07) is 0. The molecule has 0 aliphatic rings. The van der Waals surface area contributed by atoms with Gasteiger partial charge in [0, 0.05) is 23.7 Å². The maximum atomic E-state index is 14.3. The van der Waals surface area contributed by atoms with Crippen molar-refractivity contribution in [2.45, 2.75) is 231 Å². The maximum Gasteiger partial charge on any atom is 0.475 e. The first-order chi connectivity index (χ1) is 23.4. The van der Waals surface area contributed by atoms with Gasteiger partial charge in [0.25, 0.3) is 0 Å². The standard InChI is InChI=1S/C39H82O9P2S2/c1-18-20-22-24-26-28-39(15,27-25-23-21-19-2)48-50(42,44-17)47-34(5,6)29-30-45-38(13,14)49(41,43-16)46-35(7,8)32-37(11,12)52-51-36(9,10)31-33(3,4)40/h40H,18-32H2,1-17H3. The molecule has 0 aromatic heterocycles. The average Bonchev–Trinajstić information content (AvgIpc) is 2.95. The van der Waals surface area contributed by atoms with Crippen LogP contribution in [0, 0.1) is 0 Å². The van der Waals surface area contributed by atoms with Crippen LogP contribution in [-0.4, -0.2) is 63.2 Å². The van der Waals surface area contributed by atoms with Gasteiger partial charge in [0.05, 0.1) is 29.0 Å². The summed E-state index contributed by atoms with van der Waals surface area (Å²) in [5.74, 6) is 0. The molecule has 3 atom stereocenters. The van der Waals surface area contributed by atoms with Crippen molar-refractivity contribution in [2.24, 2.45) is 0 Å². The van der Waals surface area contributed by atoms with E-state index in [0.29, 0.717) is 19.3 Å². The van der Waals surface area contributed by atoms with Crippen LogP contribution in [0.4, 0.5) is 0 Å². The number of hydrogen-bond acceptors (Lipinski definition) is 11. The second-order valence-electron chi connectivity index (χ2n) is 18.4. The van der Waals surface area contributed by atoms with E-state index < -0.39 is 43.2 Å². The first kappa shape index (κ1) is 52.9. The van der Waals surface area contributed by atoms with Crippen LogP contribution in [0.5, 0.6) is 0 Å². The lowest BCUT2D eigenvalue weighted by Crippen LogP contribution is -2.38. The molecule has 13 heteroatoms. The molecule has 314 valence electrons. The highest BCUT2D eigenvalue weighted by molar-refractivity contribution is 8.77. The third-order valence-electron chi connectivity index (χ3n) is 8.91. The smallest absolute Gasteiger partial charge is 0.390 e. The molecule has 0 aromatic carbocycles. The lowest BCUT2D eigenvalue weighted by molar-refractivity contribution is -0.0482. The predicted molar refractivity (Wildman–Crippen MR) is 225 cm³/mol. The zero-order chi connectivity index (χ0) is 40.8. The number of rotatable bonds is 31. The Hall–Kier alpha value is 0.880. The highest BCUT2D eigenvalue weighted by Gasteiger charge is 2.49. The van der Waals surface area contributed by atoms with Gasteiger partial charge in [-0.3, -0.25) is 18.1 Å². The van der Waals surface area contributed by atoms with Gasteiger partial charge >= 0.3 is 15.4 Å². The van der Waals surface area contributed by atoms with Crippen molar-refractivity contribution in [2.75, 3.05) is 20.8 Å². The van der Waals surface area contributed by atoms with Crippen molar-refractivity contribution in [1.82, 2.24) is 0 Å². The Morgan fingerprint density at radius 2 is 1.02 bits per heavy atom. The fourth-order valence-corrected chi connectivity index (χ4v) is 12.9. The van der Waals surface area contributed by atoms with Crippen LogP contribution < -0.4 is 0 Å². The molecule has 0 rings (SSSR count). The monoisotopic (exact) mass is 820 g/mol. The van der Waals surface area contributed by atoms with Gasteiger partial charge < -0.3 is 18.9 Å². The molecule has 0 radical (unpaired) electrons. The molecule has 0 bridgehead atoms. The summed E-state index contributed by atoms with van der Waals surface area (Å²) in [6.45, 7) is 29.7. The number of aliphatic hydroxyl groups is 1. The lowest BCUT2D eigenvalue weighted by atomic mass is 9.92. The number of phosphoric ester groups is 1. The second kappa shape index (κ2) is 22.1. The molecule has 0 spiro atoms. The molecule has 0 fully saturated rings. The van der Waals surface area contributed by atoms with Crippen molar-refractivity contribution < 1.29 is 41.6 Å². The summed E-state index contributed by atoms with van der Waals surface area (Å²) in [7, 11) is -1.49. The molecular formula is C39H82O9P2S2. The second-order valence-corrected chi connectivity index (χ2v) is 26.2. The number of hydrogen-bond donors (Lipinski definition) is 1. The van der Waals surface area contributed by atoms with Crippen molar-refractivity contribution in [3.8, 4) is 0 Å². The van der Waals surface area contributed by atoms with Crippen LogP contribution in [0.15, 0.2) is 0 Å². The molecule has 1 N–H and O–H groups in total. The zero-order valence-electron chi connectivity index (χ0n) is 36.5. The van der Waals surface area contributed by atoms with Crippen LogP contribution in [-0.2, 0) is 36.5 Å². The van der Waals surface area contributed by atoms with E-state index in [1.54, 1.807) is 35.4 Å². The van der Waals surface area contributed by atoms with Gasteiger partial charge in [-0.1, -0.05) is 93.2 Å². The van der Waals surface area contributed by atoms with Gasteiger partial charge in [-0.05, 0) is 122 Å². The molecule has 0 aromatic rings. The molecule has 0 saturated heterocycles. The topological polar surface area (TPSA) is 110 Å². The molecule has 3 unspecified atom stereocenters. The van der Waals surface area contributed by atoms with E-state index >= 15 is 0 Å². The Labute approximate surface area is 329 Å². The maximum absolute atomic E-state index is 14.3. The Balaban J connectivity index is 5.61. The largest absolute Gasteiger partial charge is 0.475 e. The molecular weight excluding hydrogens is 739 g/mol. The molecule has 0 aliphatic carbocycles. The Morgan fingerprint density at radius 3 is 1.46 bits per heavy atom. The fourth-order valence-electron chi connectivity index (χ4n) is 6.66. The Morgan fingerprint density at radius 1 is 0.558 bits per heavy atom. The summed E-state index contributed by atoms with van der Waals surface area (Å²) in [6.07, 6.45) is 13.2. The quantitative estimate of drug-likeness (QED) is 0.0410. The van der Waals surface area contributed by atoms with Crippen LogP contribution in [0.2, 0.25) is 0 Å². The molecule has 0 amide bonds. The highest BCUT2D eigenvalue weighted by atomic mass is 33.1. The molecule has 0 aliphatic heterocycles. The number of phosphoric acid groups is 1. The van der Waals surface area contributed by atoms with Crippen LogP contribution >= 0.6 is 37.0 Å². The van der Waals surface area contributed by atoms with Crippen molar-refractivity contribution >= 4 is 37.0 Å². The zero-order valence-corrected chi connectivity index (χ0v) is 40.0. The normalized spacial score (nSPS) is 17.5. The first-order valence-corrected chi connectivity index (χ1v) is 24.8. The van der Waals surface area contributed by atoms with Gasteiger partial charge in [0.1, 0.15) is 0 Å². The Bertz CT molecular complexity index is 1110. The number of ether oxygens (including phenoxy) is 1. The molecule has 52 heavy (non-hydrogen) atoms. The van der Waals surface area contributed by atoms with Gasteiger partial charge in [-0.2, -0.15) is 0 Å². The van der Waals surface area contributed by atoms with E-state index in [2.05, 4.69) is 41.5 Å². The SMILES string of the molecule is CCCCCCCC(C)(CCCCCC)OP(=O)(OC)OC(C)(C)CCOC(C)(C)P(=O)(OC)OC(C)(C)CC(C)(C)SSC(C)(C)CC(C)(C)O. The van der Waals surface area contributed by atoms with Crippen molar-refractivity contribution in [1.29, 1.82) is 0 Å². The van der Waals surface area contributed by atoms with E-state index in [1.165, 1.54) is 33.5 Å². The minimum absolute atomic E-state index is 0.140. The van der Waals surface area contributed by atoms with Gasteiger partial charge in [0.2, 0.25) is 0 Å². The van der Waals surface area contributed by atoms with E-state index in [1.807, 2.05) is 48.5 Å². The van der Waals surface area contributed by atoms with E-state index in [9.17, 15) is 14.2 Å². The van der Waals surface area contributed by atoms with E-state index in [-0.39, 0.29) is 16.1 Å². The summed E-state index contributed by atoms with van der Waals surface area (Å²) < 4.78 is 64.2. The summed E-state index contributed by atoms with van der Waals surface area (Å²) in [5, 5.41) is 9.08. The van der Waals surface area contributed by atoms with Crippen LogP contribution in [0.1, 0.15) is 194 Å². The molecule has 0 saturated carbocycles. The van der Waals surface area contributed by atoms with Gasteiger partial charge in [-0.25, -0.2) is 4.57 Å². The van der Waals surface area contributed by atoms with Gasteiger partial charge in [0.15, 0.2) is 5.34 Å². The van der Waals surface area contributed by atoms with Crippen LogP contribution in [0.25, 0.3) is 0 Å². The van der Waals surface area contributed by atoms with E-state index in [4.69, 9.17) is 27.4 Å². The van der Waals surface area contributed by atoms with Crippen molar-refractivity contribution in [3.63, 3.8) is 0 Å². The first-order valence-electron chi connectivity index (χ1n) is 19.6. The van der Waals surface area contributed by atoms with Crippen molar-refractivity contribution in [3.05, 3.63) is 0 Å². The molecule has 9 nitrogen and oxygen atoms in total. The molecule has 0 heterocycles. The van der Waals surface area contributed by atoms with Gasteiger partial charge in [-0.15, -0.1) is 0 Å². The predicted octanol–water partition coefficient (Wildman–Crippen LogP) is 13.9. The third kappa shape index (κ3) is 22.0. The average molecular weight is 821 g/mol. The minimum atomic E-state index is -3.93. The highest BCUT2D eigenvalue weighted by Crippen LogP contribution is 2.63. The Kier molecular flexibility index (Phi) is 22.5. The van der Waals surface area contributed by atoms with E-state index in [0.717, 1.165) is 51.4 Å². The summed E-state index contributed by atoms with van der Waals surface area (Å²) in [4.78, 5) is 0. The summed E-state index contributed by atoms with van der Waals surface area (Å²) >= 11 is 0. The number of unbranched alkanes of at least 4 members (excludes halogenated alkanes) is 7. The third-order valence-corrected chi connectivity index (χ3v) is 17.6. The lowest BCUT2D eigenvalue weighted by Gasteiger charge is -2.41. The summed E-state index contributed by atoms with van der Waals surface area (Å²) in [5.41, 5.74) is -3.15.